The first-order valence-electron chi connectivity index (χ1n) is 8.91. The number of para-hydroxylation sites is 3. The molecule has 130 valence electrons. The molecule has 0 aliphatic carbocycles. The van der Waals surface area contributed by atoms with Gasteiger partial charge >= 0.3 is 0 Å². The largest absolute Gasteiger partial charge is 0.355 e. The quantitative estimate of drug-likeness (QED) is 0.329. The Labute approximate surface area is 166 Å². The van der Waals surface area contributed by atoms with Gasteiger partial charge in [-0.15, -0.1) is 0 Å². The number of halogens is 1. The van der Waals surface area contributed by atoms with Crippen LogP contribution in [-0.4, -0.2) is 4.57 Å². The molecule has 0 radical (unpaired) electrons. The van der Waals surface area contributed by atoms with Crippen LogP contribution in [0.15, 0.2) is 102 Å². The summed E-state index contributed by atoms with van der Waals surface area (Å²) in [6.45, 7) is 0. The molecule has 5 aromatic rings. The average molecular weight is 413 g/mol. The highest BCUT2D eigenvalue weighted by Gasteiger charge is 2.13. The molecule has 0 fully saturated rings. The van der Waals surface area contributed by atoms with E-state index in [4.69, 9.17) is 0 Å². The molecule has 0 spiro atoms. The van der Waals surface area contributed by atoms with Gasteiger partial charge in [-0.05, 0) is 58.4 Å². The molecule has 3 heteroatoms. The van der Waals surface area contributed by atoms with Crippen LogP contribution in [0.3, 0.4) is 0 Å². The Balaban J connectivity index is 1.66. The van der Waals surface area contributed by atoms with Crippen LogP contribution >= 0.6 is 15.9 Å². The number of anilines is 2. The molecule has 0 saturated carbocycles. The number of hydrogen-bond acceptors (Lipinski definition) is 1. The zero-order valence-corrected chi connectivity index (χ0v) is 16.1. The van der Waals surface area contributed by atoms with Crippen LogP contribution in [0, 0.1) is 0 Å². The van der Waals surface area contributed by atoms with Gasteiger partial charge in [0.1, 0.15) is 0 Å². The van der Waals surface area contributed by atoms with Crippen molar-refractivity contribution in [3.05, 3.63) is 102 Å². The molecule has 0 atom stereocenters. The van der Waals surface area contributed by atoms with Gasteiger partial charge in [-0.3, -0.25) is 0 Å². The second-order valence-corrected chi connectivity index (χ2v) is 7.38. The normalized spacial score (nSPS) is 11.1. The van der Waals surface area contributed by atoms with Crippen LogP contribution in [0.2, 0.25) is 0 Å². The minimum atomic E-state index is 1.05. The number of fused-ring (bicyclic) bond motifs is 3. The standard InChI is InChI=1S/C24H17BrN2/c25-21-16-18(26-17-8-2-1-3-9-17)14-15-24(21)27-22-12-6-4-10-19(22)20-11-5-7-13-23(20)27/h1-16,26H. The second-order valence-electron chi connectivity index (χ2n) is 6.53. The van der Waals surface area contributed by atoms with Crippen molar-refractivity contribution >= 4 is 49.1 Å². The first kappa shape index (κ1) is 16.2. The smallest absolute Gasteiger partial charge is 0.0605 e. The minimum Gasteiger partial charge on any atom is -0.355 e. The third-order valence-corrected chi connectivity index (χ3v) is 5.47. The van der Waals surface area contributed by atoms with Gasteiger partial charge in [-0.1, -0.05) is 54.6 Å². The van der Waals surface area contributed by atoms with Gasteiger partial charge in [-0.2, -0.15) is 0 Å². The number of hydrogen-bond donors (Lipinski definition) is 1. The molecule has 1 N–H and O–H groups in total. The Morgan fingerprint density at radius 3 is 1.81 bits per heavy atom. The van der Waals surface area contributed by atoms with Crippen LogP contribution in [0.4, 0.5) is 11.4 Å². The summed E-state index contributed by atoms with van der Waals surface area (Å²) in [7, 11) is 0. The fraction of sp³-hybridized carbons (Fsp3) is 0. The van der Waals surface area contributed by atoms with E-state index in [9.17, 15) is 0 Å². The summed E-state index contributed by atoms with van der Waals surface area (Å²) >= 11 is 3.79. The lowest BCUT2D eigenvalue weighted by Gasteiger charge is -2.13. The van der Waals surface area contributed by atoms with Crippen molar-refractivity contribution in [3.8, 4) is 5.69 Å². The van der Waals surface area contributed by atoms with E-state index in [1.54, 1.807) is 0 Å². The molecular weight excluding hydrogens is 396 g/mol. The van der Waals surface area contributed by atoms with Crippen molar-refractivity contribution in [1.82, 2.24) is 4.57 Å². The zero-order valence-electron chi connectivity index (χ0n) is 14.6. The highest BCUT2D eigenvalue weighted by Crippen LogP contribution is 2.35. The second kappa shape index (κ2) is 6.60. The SMILES string of the molecule is Brc1cc(Nc2ccccc2)ccc1-n1c2ccccc2c2ccccc21. The molecule has 0 aliphatic heterocycles. The summed E-state index contributed by atoms with van der Waals surface area (Å²) in [6.07, 6.45) is 0. The number of rotatable bonds is 3. The summed E-state index contributed by atoms with van der Waals surface area (Å²) in [4.78, 5) is 0. The fourth-order valence-electron chi connectivity index (χ4n) is 3.64. The third-order valence-electron chi connectivity index (χ3n) is 4.83. The highest BCUT2D eigenvalue weighted by molar-refractivity contribution is 9.10. The third kappa shape index (κ3) is 2.81. The molecule has 1 heterocycles. The summed E-state index contributed by atoms with van der Waals surface area (Å²) in [5, 5.41) is 5.99. The lowest BCUT2D eigenvalue weighted by Crippen LogP contribution is -1.97. The maximum Gasteiger partial charge on any atom is 0.0605 e. The highest BCUT2D eigenvalue weighted by atomic mass is 79.9. The van der Waals surface area contributed by atoms with Crippen molar-refractivity contribution in [2.45, 2.75) is 0 Å². The maximum atomic E-state index is 3.79. The van der Waals surface area contributed by atoms with Gasteiger partial charge in [-0.25, -0.2) is 0 Å². The van der Waals surface area contributed by atoms with E-state index in [1.807, 2.05) is 18.2 Å². The molecule has 5 rings (SSSR count). The molecular formula is C24H17BrN2. The zero-order chi connectivity index (χ0) is 18.2. The van der Waals surface area contributed by atoms with Crippen LogP contribution in [0.25, 0.3) is 27.5 Å². The Hall–Kier alpha value is -3.04. The topological polar surface area (TPSA) is 17.0 Å². The van der Waals surface area contributed by atoms with E-state index < -0.39 is 0 Å². The molecule has 0 aliphatic rings. The van der Waals surface area contributed by atoms with Crippen molar-refractivity contribution in [3.63, 3.8) is 0 Å². The summed E-state index contributed by atoms with van der Waals surface area (Å²) in [6, 6.07) is 33.7. The molecule has 27 heavy (non-hydrogen) atoms. The molecule has 4 aromatic carbocycles. The molecule has 1 aromatic heterocycles. The van der Waals surface area contributed by atoms with E-state index in [0.717, 1.165) is 21.5 Å². The fourth-order valence-corrected chi connectivity index (χ4v) is 4.19. The van der Waals surface area contributed by atoms with E-state index in [0.29, 0.717) is 0 Å². The molecule has 0 amide bonds. The first-order valence-corrected chi connectivity index (χ1v) is 9.71. The predicted molar refractivity (Wildman–Crippen MR) is 118 cm³/mol. The first-order chi connectivity index (χ1) is 13.3. The van der Waals surface area contributed by atoms with E-state index in [2.05, 4.69) is 105 Å². The lowest BCUT2D eigenvalue weighted by atomic mass is 10.2. The number of benzene rings is 4. The molecule has 0 bridgehead atoms. The Bertz CT molecular complexity index is 1200. The van der Waals surface area contributed by atoms with Crippen LogP contribution in [-0.2, 0) is 0 Å². The summed E-state index contributed by atoms with van der Waals surface area (Å²) < 4.78 is 3.37. The van der Waals surface area contributed by atoms with E-state index in [1.165, 1.54) is 21.8 Å². The van der Waals surface area contributed by atoms with Crippen molar-refractivity contribution in [2.24, 2.45) is 0 Å². The lowest BCUT2D eigenvalue weighted by molar-refractivity contribution is 1.17. The van der Waals surface area contributed by atoms with E-state index >= 15 is 0 Å². The van der Waals surface area contributed by atoms with Crippen LogP contribution in [0.1, 0.15) is 0 Å². The molecule has 2 nitrogen and oxygen atoms in total. The van der Waals surface area contributed by atoms with Crippen molar-refractivity contribution < 1.29 is 0 Å². The Kier molecular flexibility index (Phi) is 3.95. The minimum absolute atomic E-state index is 1.05. The summed E-state index contributed by atoms with van der Waals surface area (Å²) in [5.41, 5.74) is 5.68. The van der Waals surface area contributed by atoms with Crippen LogP contribution in [0.5, 0.6) is 0 Å². The molecule has 0 saturated heterocycles. The van der Waals surface area contributed by atoms with Gasteiger partial charge in [0.15, 0.2) is 0 Å². The molecule has 0 unspecified atom stereocenters. The van der Waals surface area contributed by atoms with Gasteiger partial charge in [0, 0.05) is 26.6 Å². The van der Waals surface area contributed by atoms with Crippen molar-refractivity contribution in [2.75, 3.05) is 5.32 Å². The van der Waals surface area contributed by atoms with Gasteiger partial charge in [0.2, 0.25) is 0 Å². The van der Waals surface area contributed by atoms with Gasteiger partial charge < -0.3 is 9.88 Å². The van der Waals surface area contributed by atoms with Gasteiger partial charge in [0.25, 0.3) is 0 Å². The summed E-state index contributed by atoms with van der Waals surface area (Å²) in [5.74, 6) is 0. The Morgan fingerprint density at radius 2 is 1.19 bits per heavy atom. The number of aromatic nitrogens is 1. The van der Waals surface area contributed by atoms with Gasteiger partial charge in [0.05, 0.1) is 16.7 Å². The predicted octanol–water partition coefficient (Wildman–Crippen LogP) is 7.29. The Morgan fingerprint density at radius 1 is 0.593 bits per heavy atom. The number of nitrogens with one attached hydrogen (secondary N) is 1. The maximum absolute atomic E-state index is 3.79. The average Bonchev–Trinajstić information content (AvgIpc) is 3.04. The van der Waals surface area contributed by atoms with Crippen molar-refractivity contribution in [1.29, 1.82) is 0 Å². The monoisotopic (exact) mass is 412 g/mol. The van der Waals surface area contributed by atoms with E-state index in [-0.39, 0.29) is 0 Å². The number of nitrogens with zero attached hydrogens (tertiary/aromatic N) is 1. The van der Waals surface area contributed by atoms with Crippen LogP contribution < -0.4 is 5.32 Å².